The van der Waals surface area contributed by atoms with Gasteiger partial charge in [-0.25, -0.2) is 0 Å². The van der Waals surface area contributed by atoms with Crippen LogP contribution < -0.4 is 0 Å². The van der Waals surface area contributed by atoms with E-state index in [0.29, 0.717) is 39.4 Å². The number of ether oxygens (including phenoxy) is 2. The largest absolute Gasteiger partial charge is 0.394 e. The van der Waals surface area contributed by atoms with E-state index in [-0.39, 0.29) is 6.10 Å². The van der Waals surface area contributed by atoms with Crippen LogP contribution in [0, 0.1) is 57.2 Å². The molecule has 1 aliphatic heterocycles. The van der Waals surface area contributed by atoms with Crippen molar-refractivity contribution in [3.63, 3.8) is 0 Å². The van der Waals surface area contributed by atoms with Crippen molar-refractivity contribution in [3.8, 4) is 0 Å². The van der Waals surface area contributed by atoms with Crippen molar-refractivity contribution < 1.29 is 29.9 Å². The zero-order valence-electron chi connectivity index (χ0n) is 27.2. The molecule has 0 aromatic rings. The summed E-state index contributed by atoms with van der Waals surface area (Å²) >= 11 is 0. The van der Waals surface area contributed by atoms with E-state index in [1.54, 1.807) is 0 Å². The first-order valence-electron chi connectivity index (χ1n) is 17.4. The quantitative estimate of drug-likeness (QED) is 0.210. The Morgan fingerprint density at radius 1 is 0.905 bits per heavy atom. The highest BCUT2D eigenvalue weighted by Gasteiger charge is 2.81. The Labute approximate surface area is 254 Å². The maximum Gasteiger partial charge on any atom is 0.186 e. The number of hydrogen-bond acceptors (Lipinski definition) is 6. The van der Waals surface area contributed by atoms with Gasteiger partial charge in [-0.3, -0.25) is 0 Å². The summed E-state index contributed by atoms with van der Waals surface area (Å²) in [5, 5.41) is 40.8. The number of fused-ring (bicyclic) bond motifs is 2. The van der Waals surface area contributed by atoms with Crippen LogP contribution in [0.5, 0.6) is 0 Å². The fraction of sp³-hybridized carbons (Fsp3) is 0.944. The second-order valence-electron chi connectivity index (χ2n) is 16.8. The Kier molecular flexibility index (Phi) is 8.09. The number of aliphatic hydroxyl groups excluding tert-OH is 4. The summed E-state index contributed by atoms with van der Waals surface area (Å²) in [6, 6.07) is 0. The zero-order chi connectivity index (χ0) is 30.4. The van der Waals surface area contributed by atoms with Crippen LogP contribution in [0.25, 0.3) is 0 Å². The van der Waals surface area contributed by atoms with Gasteiger partial charge in [0.1, 0.15) is 24.4 Å². The standard InChI is InChI=1S/C36H60O6/c1-20(2)21(3)8-9-22(4)24-12-14-34(7)28-11-10-25-23(5)26(41-32-31(40)30(39)29(38)27(18-37)42-32)13-15-35(25)19-36(28,35)17-16-33(24,34)6/h20,22-32,37-40H,3,8-19H2,1-2,4-7H3. The molecule has 5 aliphatic carbocycles. The van der Waals surface area contributed by atoms with Gasteiger partial charge in [0.2, 0.25) is 0 Å². The van der Waals surface area contributed by atoms with Gasteiger partial charge in [0.15, 0.2) is 6.29 Å². The second-order valence-corrected chi connectivity index (χ2v) is 16.8. The van der Waals surface area contributed by atoms with E-state index >= 15 is 0 Å². The number of hydrogen-bond donors (Lipinski definition) is 4. The summed E-state index contributed by atoms with van der Waals surface area (Å²) in [5.74, 6) is 3.92. The van der Waals surface area contributed by atoms with E-state index in [0.717, 1.165) is 24.2 Å². The van der Waals surface area contributed by atoms with Crippen molar-refractivity contribution in [2.75, 3.05) is 6.61 Å². The lowest BCUT2D eigenvalue weighted by Gasteiger charge is -2.62. The Bertz CT molecular complexity index is 1030. The van der Waals surface area contributed by atoms with Crippen LogP contribution in [0.15, 0.2) is 12.2 Å². The topological polar surface area (TPSA) is 99.4 Å². The molecule has 0 bridgehead atoms. The van der Waals surface area contributed by atoms with Gasteiger partial charge in [0.25, 0.3) is 0 Å². The van der Waals surface area contributed by atoms with E-state index in [1.165, 1.54) is 69.8 Å². The molecule has 5 saturated carbocycles. The molecule has 0 amide bonds. The maximum atomic E-state index is 10.6. The molecule has 15 atom stereocenters. The molecule has 4 N–H and O–H groups in total. The third-order valence-corrected chi connectivity index (χ3v) is 15.3. The van der Waals surface area contributed by atoms with Crippen LogP contribution in [0.1, 0.15) is 112 Å². The van der Waals surface area contributed by atoms with Gasteiger partial charge >= 0.3 is 0 Å². The van der Waals surface area contributed by atoms with Crippen LogP contribution >= 0.6 is 0 Å². The number of aliphatic hydroxyl groups is 4. The SMILES string of the molecule is C=C(CCC(C)C1CCC2(C)C3CCC4C(C)C(OC5OC(CO)C(O)C(O)C5O)CCC45CC35CCC12C)C(C)C. The predicted octanol–water partition coefficient (Wildman–Crippen LogP) is 5.85. The predicted molar refractivity (Wildman–Crippen MR) is 163 cm³/mol. The Hall–Kier alpha value is -0.500. The van der Waals surface area contributed by atoms with E-state index in [9.17, 15) is 20.4 Å². The molecule has 6 aliphatic rings. The summed E-state index contributed by atoms with van der Waals surface area (Å²) in [6.07, 6.45) is 7.95. The first-order valence-corrected chi connectivity index (χ1v) is 17.4. The van der Waals surface area contributed by atoms with Gasteiger partial charge < -0.3 is 29.9 Å². The summed E-state index contributed by atoms with van der Waals surface area (Å²) < 4.78 is 12.1. The van der Waals surface area contributed by atoms with Crippen LogP contribution in [0.2, 0.25) is 0 Å². The molecular formula is C36H60O6. The molecular weight excluding hydrogens is 528 g/mol. The molecule has 2 spiro atoms. The van der Waals surface area contributed by atoms with Crippen LogP contribution in [0.4, 0.5) is 0 Å². The highest BCUT2D eigenvalue weighted by Crippen LogP contribution is 2.88. The lowest BCUT2D eigenvalue weighted by molar-refractivity contribution is -0.319. The van der Waals surface area contributed by atoms with Gasteiger partial charge in [-0.1, -0.05) is 53.7 Å². The summed E-state index contributed by atoms with van der Waals surface area (Å²) in [7, 11) is 0. The molecule has 6 heteroatoms. The molecule has 1 heterocycles. The third kappa shape index (κ3) is 4.31. The summed E-state index contributed by atoms with van der Waals surface area (Å²) in [5.41, 5.74) is 3.16. The van der Waals surface area contributed by atoms with E-state index in [2.05, 4.69) is 48.1 Å². The minimum absolute atomic E-state index is 0.0574. The highest BCUT2D eigenvalue weighted by molar-refractivity contribution is 5.29. The molecule has 6 rings (SSSR count). The second kappa shape index (κ2) is 10.8. The fourth-order valence-electron chi connectivity index (χ4n) is 12.4. The smallest absolute Gasteiger partial charge is 0.186 e. The van der Waals surface area contributed by atoms with Crippen LogP contribution in [-0.2, 0) is 9.47 Å². The molecule has 42 heavy (non-hydrogen) atoms. The number of allylic oxidation sites excluding steroid dienone is 1. The van der Waals surface area contributed by atoms with Gasteiger partial charge in [0, 0.05) is 0 Å². The lowest BCUT2D eigenvalue weighted by Crippen LogP contribution is -2.60. The Morgan fingerprint density at radius 3 is 2.33 bits per heavy atom. The fourth-order valence-corrected chi connectivity index (χ4v) is 12.4. The van der Waals surface area contributed by atoms with Gasteiger partial charge in [-0.05, 0) is 128 Å². The monoisotopic (exact) mass is 588 g/mol. The average molecular weight is 589 g/mol. The molecule has 15 unspecified atom stereocenters. The summed E-state index contributed by atoms with van der Waals surface area (Å²) in [6.45, 7) is 18.7. The molecule has 0 radical (unpaired) electrons. The van der Waals surface area contributed by atoms with Crippen LogP contribution in [0.3, 0.4) is 0 Å². The van der Waals surface area contributed by atoms with Crippen LogP contribution in [-0.4, -0.2) is 63.8 Å². The van der Waals surface area contributed by atoms with Gasteiger partial charge in [-0.2, -0.15) is 0 Å². The maximum absolute atomic E-state index is 10.6. The van der Waals surface area contributed by atoms with Crippen molar-refractivity contribution >= 4 is 0 Å². The molecule has 6 nitrogen and oxygen atoms in total. The molecule has 6 fully saturated rings. The molecule has 0 aromatic heterocycles. The Balaban J connectivity index is 1.15. The molecule has 1 saturated heterocycles. The minimum Gasteiger partial charge on any atom is -0.394 e. The van der Waals surface area contributed by atoms with Gasteiger partial charge in [-0.15, -0.1) is 0 Å². The van der Waals surface area contributed by atoms with Crippen molar-refractivity contribution in [3.05, 3.63) is 12.2 Å². The molecule has 240 valence electrons. The number of rotatable bonds is 8. The van der Waals surface area contributed by atoms with E-state index in [1.807, 2.05) is 0 Å². The van der Waals surface area contributed by atoms with Crippen molar-refractivity contribution in [1.29, 1.82) is 0 Å². The van der Waals surface area contributed by atoms with Crippen molar-refractivity contribution in [2.45, 2.75) is 149 Å². The minimum atomic E-state index is -1.39. The first-order chi connectivity index (χ1) is 19.8. The van der Waals surface area contributed by atoms with Gasteiger partial charge in [0.05, 0.1) is 12.7 Å². The zero-order valence-corrected chi connectivity index (χ0v) is 27.2. The summed E-state index contributed by atoms with van der Waals surface area (Å²) in [4.78, 5) is 0. The van der Waals surface area contributed by atoms with E-state index < -0.39 is 37.3 Å². The van der Waals surface area contributed by atoms with Crippen molar-refractivity contribution in [1.82, 2.24) is 0 Å². The highest BCUT2D eigenvalue weighted by atomic mass is 16.7. The van der Waals surface area contributed by atoms with E-state index in [4.69, 9.17) is 9.47 Å². The Morgan fingerprint density at radius 2 is 1.64 bits per heavy atom. The van der Waals surface area contributed by atoms with Crippen molar-refractivity contribution in [2.24, 2.45) is 57.2 Å². The lowest BCUT2D eigenvalue weighted by atomic mass is 9.43. The molecule has 0 aromatic carbocycles. The average Bonchev–Trinajstić information content (AvgIpc) is 3.54. The first kappa shape index (κ1) is 31.5. The third-order valence-electron chi connectivity index (χ3n) is 15.3. The normalized spacial score (nSPS) is 54.0.